The van der Waals surface area contributed by atoms with E-state index >= 15 is 0 Å². The van der Waals surface area contributed by atoms with Gasteiger partial charge in [-0.25, -0.2) is 4.39 Å². The number of hydrogen-bond acceptors (Lipinski definition) is 7. The van der Waals surface area contributed by atoms with Gasteiger partial charge in [-0.2, -0.15) is 0 Å². The maximum Gasteiger partial charge on any atom is 0.308 e. The Labute approximate surface area is 175 Å². The van der Waals surface area contributed by atoms with Gasteiger partial charge in [0, 0.05) is 18.7 Å². The van der Waals surface area contributed by atoms with Gasteiger partial charge in [-0.15, -0.1) is 0 Å². The number of carbonyl (C=O) groups is 3. The molecule has 2 aromatic rings. The summed E-state index contributed by atoms with van der Waals surface area (Å²) in [5.41, 5.74) is -0.282. The summed E-state index contributed by atoms with van der Waals surface area (Å²) in [4.78, 5) is 47.7. The molecule has 0 fully saturated rings. The van der Waals surface area contributed by atoms with Crippen molar-refractivity contribution < 1.29 is 33.2 Å². The third kappa shape index (κ3) is 5.13. The molecule has 31 heavy (non-hydrogen) atoms. The standard InChI is InChI=1S/C20H18FN3O7/c1-12-20(27)23(16-4-2-3-5-17(16)31-12)9-8-19(26)30-11-18(25)22-15-10-13(24(28)29)6-7-14(15)21/h2-7,10,12H,8-9,11H2,1H3,(H,22,25). The molecule has 10 nitrogen and oxygen atoms in total. The number of esters is 1. The average molecular weight is 431 g/mol. The Balaban J connectivity index is 1.53. The molecule has 0 spiro atoms. The lowest BCUT2D eigenvalue weighted by Gasteiger charge is -2.32. The SMILES string of the molecule is CC1Oc2ccccc2N(CCC(=O)OCC(=O)Nc2cc([N+](=O)[O-])ccc2F)C1=O. The Bertz CT molecular complexity index is 1040. The first-order valence-electron chi connectivity index (χ1n) is 9.22. The number of nitrogens with one attached hydrogen (secondary N) is 1. The number of nitro benzene ring substituents is 1. The second kappa shape index (κ2) is 9.20. The van der Waals surface area contributed by atoms with Crippen molar-refractivity contribution in [1.82, 2.24) is 0 Å². The predicted octanol–water partition coefficient (Wildman–Crippen LogP) is 2.42. The number of benzene rings is 2. The summed E-state index contributed by atoms with van der Waals surface area (Å²) in [6, 6.07) is 9.55. The molecule has 1 unspecified atom stereocenters. The van der Waals surface area contributed by atoms with E-state index in [-0.39, 0.29) is 18.9 Å². The van der Waals surface area contributed by atoms with Gasteiger partial charge in [-0.05, 0) is 25.1 Å². The van der Waals surface area contributed by atoms with Crippen molar-refractivity contribution in [3.8, 4) is 5.75 Å². The van der Waals surface area contributed by atoms with Gasteiger partial charge in [0.15, 0.2) is 12.7 Å². The molecule has 0 saturated carbocycles. The van der Waals surface area contributed by atoms with Crippen molar-refractivity contribution in [2.24, 2.45) is 0 Å². The molecule has 1 heterocycles. The Morgan fingerprint density at radius 3 is 2.77 bits per heavy atom. The molecule has 1 aliphatic heterocycles. The quantitative estimate of drug-likeness (QED) is 0.405. The van der Waals surface area contributed by atoms with Crippen molar-refractivity contribution in [2.45, 2.75) is 19.4 Å². The number of para-hydroxylation sites is 2. The molecule has 2 amide bonds. The zero-order valence-electron chi connectivity index (χ0n) is 16.4. The molecule has 3 rings (SSSR count). The van der Waals surface area contributed by atoms with E-state index in [1.165, 1.54) is 4.90 Å². The maximum atomic E-state index is 13.7. The second-order valence-electron chi connectivity index (χ2n) is 6.60. The van der Waals surface area contributed by atoms with E-state index in [1.54, 1.807) is 31.2 Å². The van der Waals surface area contributed by atoms with Gasteiger partial charge in [0.05, 0.1) is 22.7 Å². The number of rotatable bonds is 7. The van der Waals surface area contributed by atoms with E-state index < -0.39 is 46.7 Å². The molecular formula is C20H18FN3O7. The Kier molecular flexibility index (Phi) is 6.43. The summed E-state index contributed by atoms with van der Waals surface area (Å²) in [7, 11) is 0. The van der Waals surface area contributed by atoms with Crippen LogP contribution >= 0.6 is 0 Å². The maximum absolute atomic E-state index is 13.7. The van der Waals surface area contributed by atoms with Crippen LogP contribution in [0.25, 0.3) is 0 Å². The van der Waals surface area contributed by atoms with Crippen LogP contribution in [0.1, 0.15) is 13.3 Å². The number of anilines is 2. The Hall–Kier alpha value is -4.02. The first kappa shape index (κ1) is 21.7. The second-order valence-corrected chi connectivity index (χ2v) is 6.60. The van der Waals surface area contributed by atoms with Crippen LogP contribution in [-0.4, -0.2) is 42.0 Å². The minimum Gasteiger partial charge on any atom is -0.479 e. The molecule has 1 atom stereocenters. The lowest BCUT2D eigenvalue weighted by Crippen LogP contribution is -2.45. The predicted molar refractivity (Wildman–Crippen MR) is 106 cm³/mol. The van der Waals surface area contributed by atoms with Gasteiger partial charge in [-0.1, -0.05) is 12.1 Å². The highest BCUT2D eigenvalue weighted by Crippen LogP contribution is 2.33. The number of halogens is 1. The van der Waals surface area contributed by atoms with Crippen molar-refractivity contribution in [2.75, 3.05) is 23.4 Å². The third-order valence-corrected chi connectivity index (χ3v) is 4.41. The number of fused-ring (bicyclic) bond motifs is 1. The fourth-order valence-corrected chi connectivity index (χ4v) is 2.92. The first-order valence-corrected chi connectivity index (χ1v) is 9.22. The number of non-ortho nitro benzene ring substituents is 1. The highest BCUT2D eigenvalue weighted by molar-refractivity contribution is 6.00. The Morgan fingerprint density at radius 2 is 2.03 bits per heavy atom. The number of hydrogen-bond donors (Lipinski definition) is 1. The number of nitro groups is 1. The van der Waals surface area contributed by atoms with Crippen LogP contribution in [-0.2, 0) is 19.1 Å². The molecular weight excluding hydrogens is 413 g/mol. The smallest absolute Gasteiger partial charge is 0.308 e. The Morgan fingerprint density at radius 1 is 1.29 bits per heavy atom. The largest absolute Gasteiger partial charge is 0.479 e. The number of nitrogens with zero attached hydrogens (tertiary/aromatic N) is 2. The lowest BCUT2D eigenvalue weighted by molar-refractivity contribution is -0.384. The monoisotopic (exact) mass is 431 g/mol. The van der Waals surface area contributed by atoms with Crippen molar-refractivity contribution in [1.29, 1.82) is 0 Å². The van der Waals surface area contributed by atoms with Crippen molar-refractivity contribution in [3.63, 3.8) is 0 Å². The molecule has 162 valence electrons. The van der Waals surface area contributed by atoms with Crippen LogP contribution < -0.4 is 15.0 Å². The van der Waals surface area contributed by atoms with E-state index in [1.807, 2.05) is 0 Å². The first-order chi connectivity index (χ1) is 14.8. The van der Waals surface area contributed by atoms with E-state index in [9.17, 15) is 28.9 Å². The van der Waals surface area contributed by atoms with Crippen LogP contribution in [0.5, 0.6) is 5.75 Å². The normalized spacial score (nSPS) is 15.0. The summed E-state index contributed by atoms with van der Waals surface area (Å²) in [6.45, 7) is 0.898. The minimum atomic E-state index is -0.871. The minimum absolute atomic E-state index is 0.0174. The van der Waals surface area contributed by atoms with Crippen molar-refractivity contribution >= 4 is 34.8 Å². The topological polar surface area (TPSA) is 128 Å². The number of amides is 2. The molecule has 1 aliphatic rings. The van der Waals surface area contributed by atoms with Gasteiger partial charge in [-0.3, -0.25) is 24.5 Å². The molecule has 0 radical (unpaired) electrons. The number of ether oxygens (including phenoxy) is 2. The molecule has 1 N–H and O–H groups in total. The van der Waals surface area contributed by atoms with Gasteiger partial charge in [0.2, 0.25) is 0 Å². The zero-order valence-corrected chi connectivity index (χ0v) is 16.4. The van der Waals surface area contributed by atoms with E-state index in [2.05, 4.69) is 5.32 Å². The lowest BCUT2D eigenvalue weighted by atomic mass is 10.2. The summed E-state index contributed by atoms with van der Waals surface area (Å²) in [5, 5.41) is 12.9. The summed E-state index contributed by atoms with van der Waals surface area (Å²) >= 11 is 0. The van der Waals surface area contributed by atoms with Crippen LogP contribution in [0.15, 0.2) is 42.5 Å². The molecule has 11 heteroatoms. The summed E-state index contributed by atoms with van der Waals surface area (Å²) < 4.78 is 24.1. The van der Waals surface area contributed by atoms with Crippen LogP contribution in [0.3, 0.4) is 0 Å². The highest BCUT2D eigenvalue weighted by atomic mass is 19.1. The molecule has 0 aromatic heterocycles. The van der Waals surface area contributed by atoms with Crippen LogP contribution in [0.4, 0.5) is 21.5 Å². The fraction of sp³-hybridized carbons (Fsp3) is 0.250. The third-order valence-electron chi connectivity index (χ3n) is 4.41. The molecule has 2 aromatic carbocycles. The number of carbonyl (C=O) groups excluding carboxylic acids is 3. The highest BCUT2D eigenvalue weighted by Gasteiger charge is 2.31. The molecule has 0 bridgehead atoms. The van der Waals surface area contributed by atoms with Gasteiger partial charge < -0.3 is 19.7 Å². The zero-order chi connectivity index (χ0) is 22.5. The van der Waals surface area contributed by atoms with E-state index in [0.29, 0.717) is 11.4 Å². The van der Waals surface area contributed by atoms with E-state index in [4.69, 9.17) is 9.47 Å². The van der Waals surface area contributed by atoms with Gasteiger partial charge >= 0.3 is 5.97 Å². The van der Waals surface area contributed by atoms with Crippen LogP contribution in [0, 0.1) is 15.9 Å². The van der Waals surface area contributed by atoms with Crippen molar-refractivity contribution in [3.05, 3.63) is 58.4 Å². The average Bonchev–Trinajstić information content (AvgIpc) is 2.74. The summed E-state index contributed by atoms with van der Waals surface area (Å²) in [5.74, 6) is -2.29. The van der Waals surface area contributed by atoms with Crippen LogP contribution in [0.2, 0.25) is 0 Å². The van der Waals surface area contributed by atoms with Gasteiger partial charge in [0.25, 0.3) is 17.5 Å². The fourth-order valence-electron chi connectivity index (χ4n) is 2.92. The van der Waals surface area contributed by atoms with E-state index in [0.717, 1.165) is 18.2 Å². The van der Waals surface area contributed by atoms with Gasteiger partial charge in [0.1, 0.15) is 11.6 Å². The molecule has 0 aliphatic carbocycles. The summed E-state index contributed by atoms with van der Waals surface area (Å²) in [6.07, 6.45) is -0.896. The molecule has 0 saturated heterocycles.